The number of nitrogens with zero attached hydrogens (tertiary/aromatic N) is 3. The van der Waals surface area contributed by atoms with Gasteiger partial charge in [0.2, 0.25) is 0 Å². The van der Waals surface area contributed by atoms with E-state index in [-0.39, 0.29) is 6.03 Å². The van der Waals surface area contributed by atoms with Crippen molar-refractivity contribution in [2.75, 3.05) is 21.8 Å². The van der Waals surface area contributed by atoms with E-state index < -0.39 is 0 Å². The molecule has 3 rings (SSSR count). The third-order valence-electron chi connectivity index (χ3n) is 4.44. The van der Waals surface area contributed by atoms with E-state index in [1.54, 1.807) is 38.0 Å². The molecular weight excluding hydrogens is 412 g/mol. The minimum absolute atomic E-state index is 0.361. The van der Waals surface area contributed by atoms with Crippen LogP contribution in [0.3, 0.4) is 0 Å². The molecule has 3 N–H and O–H groups in total. The van der Waals surface area contributed by atoms with Gasteiger partial charge in [-0.05, 0) is 62.7 Å². The lowest BCUT2D eigenvalue weighted by Gasteiger charge is -2.12. The summed E-state index contributed by atoms with van der Waals surface area (Å²) in [5.74, 6) is 1.18. The number of carbonyl (C=O) groups is 1. The van der Waals surface area contributed by atoms with Crippen molar-refractivity contribution in [3.8, 4) is 0 Å². The first-order chi connectivity index (χ1) is 15.0. The van der Waals surface area contributed by atoms with Gasteiger partial charge in [0.05, 0.1) is 11.6 Å². The summed E-state index contributed by atoms with van der Waals surface area (Å²) in [7, 11) is 0. The highest BCUT2D eigenvalue weighted by Gasteiger charge is 2.12. The second kappa shape index (κ2) is 10.4. The molecule has 0 saturated heterocycles. The number of rotatable bonds is 8. The monoisotopic (exact) mass is 436 g/mol. The lowest BCUT2D eigenvalue weighted by Crippen LogP contribution is -2.20. The van der Waals surface area contributed by atoms with Gasteiger partial charge < -0.3 is 20.5 Å². The number of aryl methyl sites for hydroxylation is 3. The quantitative estimate of drug-likeness (QED) is 0.247. The lowest BCUT2D eigenvalue weighted by molar-refractivity contribution is 0.262. The molecule has 0 aliphatic heterocycles. The Morgan fingerprint density at radius 2 is 2.10 bits per heavy atom. The smallest absolute Gasteiger partial charge is 0.323 e. The number of hydrogen-bond acceptors (Lipinski definition) is 7. The van der Waals surface area contributed by atoms with E-state index in [4.69, 9.17) is 4.52 Å². The number of thioether (sulfide) groups is 1. The van der Waals surface area contributed by atoms with E-state index in [2.05, 4.69) is 37.8 Å². The Morgan fingerprint density at radius 3 is 2.77 bits per heavy atom. The van der Waals surface area contributed by atoms with Crippen molar-refractivity contribution in [1.82, 2.24) is 10.1 Å². The number of urea groups is 1. The van der Waals surface area contributed by atoms with E-state index in [9.17, 15) is 4.79 Å². The summed E-state index contributed by atoms with van der Waals surface area (Å²) in [5, 5.41) is 14.7. The van der Waals surface area contributed by atoms with Gasteiger partial charge in [0.25, 0.3) is 0 Å². The van der Waals surface area contributed by atoms with Gasteiger partial charge in [0.15, 0.2) is 5.76 Å². The Morgan fingerprint density at radius 1 is 1.26 bits per heavy atom. The lowest BCUT2D eigenvalue weighted by atomic mass is 10.2. The predicted molar refractivity (Wildman–Crippen MR) is 128 cm³/mol. The van der Waals surface area contributed by atoms with Gasteiger partial charge in [-0.1, -0.05) is 11.2 Å². The van der Waals surface area contributed by atoms with Crippen molar-refractivity contribution in [3.05, 3.63) is 70.7 Å². The SMILES string of the molecule is C=N/C(=C\SCNc1cc(NC(=O)Nc2c(C)noc2C)ccc1C)c1cccnc1. The molecule has 2 amide bonds. The highest BCUT2D eigenvalue weighted by molar-refractivity contribution is 8.02. The molecule has 0 radical (unpaired) electrons. The van der Waals surface area contributed by atoms with Crippen LogP contribution in [0.5, 0.6) is 0 Å². The van der Waals surface area contributed by atoms with Gasteiger partial charge in [-0.25, -0.2) is 4.79 Å². The van der Waals surface area contributed by atoms with Crippen molar-refractivity contribution < 1.29 is 9.32 Å². The standard InChI is InChI=1S/C22H24N6O2S/c1-14-7-8-18(26-22(29)27-21-15(2)28-30-16(21)3)10-19(14)25-13-31-12-20(23-4)17-6-5-9-24-11-17/h5-12,25H,4,13H2,1-3H3,(H2,26,27,29)/b20-12-. The highest BCUT2D eigenvalue weighted by atomic mass is 32.2. The summed E-state index contributed by atoms with van der Waals surface area (Å²) in [4.78, 5) is 20.5. The zero-order valence-corrected chi connectivity index (χ0v) is 18.4. The Hall–Kier alpha value is -3.59. The second-order valence-electron chi connectivity index (χ2n) is 6.70. The average molecular weight is 437 g/mol. The molecule has 3 aromatic rings. The van der Waals surface area contributed by atoms with Gasteiger partial charge in [0, 0.05) is 29.3 Å². The topological polar surface area (TPSA) is 104 Å². The minimum Gasteiger partial charge on any atom is -0.375 e. The summed E-state index contributed by atoms with van der Waals surface area (Å²) in [6, 6.07) is 9.12. The number of pyridine rings is 1. The van der Waals surface area contributed by atoms with Crippen molar-refractivity contribution in [2.24, 2.45) is 4.99 Å². The molecule has 8 nitrogen and oxygen atoms in total. The Labute approximate surface area is 185 Å². The van der Waals surface area contributed by atoms with E-state index in [1.165, 1.54) is 0 Å². The fourth-order valence-corrected chi connectivity index (χ4v) is 3.47. The van der Waals surface area contributed by atoms with E-state index in [0.717, 1.165) is 22.5 Å². The number of hydrogen-bond donors (Lipinski definition) is 3. The van der Waals surface area contributed by atoms with Crippen LogP contribution in [-0.4, -0.2) is 28.8 Å². The Balaban J connectivity index is 1.59. The number of carbonyl (C=O) groups excluding carboxylic acids is 1. The molecule has 0 atom stereocenters. The largest absolute Gasteiger partial charge is 0.375 e. The Bertz CT molecular complexity index is 1080. The zero-order chi connectivity index (χ0) is 22.2. The number of anilines is 3. The van der Waals surface area contributed by atoms with Crippen LogP contribution >= 0.6 is 11.8 Å². The first-order valence-corrected chi connectivity index (χ1v) is 10.6. The Kier molecular flexibility index (Phi) is 7.45. The number of amides is 2. The minimum atomic E-state index is -0.361. The van der Waals surface area contributed by atoms with Crippen LogP contribution < -0.4 is 16.0 Å². The van der Waals surface area contributed by atoms with Crippen molar-refractivity contribution in [2.45, 2.75) is 20.8 Å². The van der Waals surface area contributed by atoms with Crippen molar-refractivity contribution in [1.29, 1.82) is 0 Å². The molecule has 0 fully saturated rings. The fraction of sp³-hybridized carbons (Fsp3) is 0.182. The number of benzene rings is 1. The molecule has 0 spiro atoms. The van der Waals surface area contributed by atoms with Crippen LogP contribution in [0.15, 0.2) is 57.6 Å². The second-order valence-corrected chi connectivity index (χ2v) is 7.56. The molecule has 9 heteroatoms. The van der Waals surface area contributed by atoms with Crippen LogP contribution in [0.2, 0.25) is 0 Å². The summed E-state index contributed by atoms with van der Waals surface area (Å²) in [6.07, 6.45) is 3.47. The first-order valence-electron chi connectivity index (χ1n) is 9.52. The molecule has 0 bridgehead atoms. The summed E-state index contributed by atoms with van der Waals surface area (Å²) < 4.78 is 5.07. The summed E-state index contributed by atoms with van der Waals surface area (Å²) in [6.45, 7) is 9.15. The van der Waals surface area contributed by atoms with E-state index in [0.29, 0.717) is 28.7 Å². The molecule has 1 aromatic carbocycles. The van der Waals surface area contributed by atoms with Gasteiger partial charge in [-0.15, -0.1) is 11.8 Å². The van der Waals surface area contributed by atoms with Crippen LogP contribution in [-0.2, 0) is 0 Å². The molecule has 0 aliphatic rings. The van der Waals surface area contributed by atoms with Gasteiger partial charge in [0.1, 0.15) is 11.4 Å². The van der Waals surface area contributed by atoms with Crippen LogP contribution in [0.25, 0.3) is 5.70 Å². The normalized spacial score (nSPS) is 11.1. The number of nitrogens with one attached hydrogen (secondary N) is 3. The molecule has 2 heterocycles. The molecule has 0 aliphatic carbocycles. The van der Waals surface area contributed by atoms with Crippen LogP contribution in [0.4, 0.5) is 21.9 Å². The first kappa shape index (κ1) is 22.1. The van der Waals surface area contributed by atoms with E-state index in [1.807, 2.05) is 42.7 Å². The number of aliphatic imine (C=N–C) groups is 1. The highest BCUT2D eigenvalue weighted by Crippen LogP contribution is 2.24. The van der Waals surface area contributed by atoms with Gasteiger partial charge in [-0.2, -0.15) is 0 Å². The van der Waals surface area contributed by atoms with Crippen molar-refractivity contribution >= 4 is 47.3 Å². The summed E-state index contributed by atoms with van der Waals surface area (Å²) in [5.41, 5.74) is 5.54. The maximum absolute atomic E-state index is 12.3. The van der Waals surface area contributed by atoms with Crippen molar-refractivity contribution in [3.63, 3.8) is 0 Å². The maximum Gasteiger partial charge on any atom is 0.323 e. The third kappa shape index (κ3) is 5.95. The predicted octanol–water partition coefficient (Wildman–Crippen LogP) is 5.44. The number of aromatic nitrogens is 2. The van der Waals surface area contributed by atoms with E-state index >= 15 is 0 Å². The molecule has 2 aromatic heterocycles. The molecule has 31 heavy (non-hydrogen) atoms. The maximum atomic E-state index is 12.3. The van der Waals surface area contributed by atoms with Gasteiger partial charge >= 0.3 is 6.03 Å². The van der Waals surface area contributed by atoms with Crippen LogP contribution in [0, 0.1) is 20.8 Å². The molecule has 0 saturated carbocycles. The molecule has 0 unspecified atom stereocenters. The molecule has 160 valence electrons. The zero-order valence-electron chi connectivity index (χ0n) is 17.6. The molecular formula is C22H24N6O2S. The van der Waals surface area contributed by atoms with Gasteiger partial charge in [-0.3, -0.25) is 9.98 Å². The third-order valence-corrected chi connectivity index (χ3v) is 5.14. The summed E-state index contributed by atoms with van der Waals surface area (Å²) >= 11 is 1.56. The fourth-order valence-electron chi connectivity index (χ4n) is 2.78. The average Bonchev–Trinajstić information content (AvgIpc) is 3.08. The van der Waals surface area contributed by atoms with Crippen LogP contribution in [0.1, 0.15) is 22.6 Å².